The van der Waals surface area contributed by atoms with Gasteiger partial charge in [0.05, 0.1) is 16.5 Å². The van der Waals surface area contributed by atoms with Crippen molar-refractivity contribution in [3.8, 4) is 5.75 Å². The molecular formula is C22H24FN3O5S. The van der Waals surface area contributed by atoms with E-state index in [-0.39, 0.29) is 29.8 Å². The van der Waals surface area contributed by atoms with Crippen molar-refractivity contribution in [2.24, 2.45) is 5.92 Å². The van der Waals surface area contributed by atoms with Crippen LogP contribution in [0.25, 0.3) is 0 Å². The Hall–Kier alpha value is -2.98. The van der Waals surface area contributed by atoms with Gasteiger partial charge in [0.15, 0.2) is 6.10 Å². The molecule has 8 nitrogen and oxygen atoms in total. The van der Waals surface area contributed by atoms with E-state index in [1.165, 1.54) is 28.6 Å². The highest BCUT2D eigenvalue weighted by atomic mass is 32.2. The van der Waals surface area contributed by atoms with E-state index in [0.717, 1.165) is 0 Å². The summed E-state index contributed by atoms with van der Waals surface area (Å²) in [5.41, 5.74) is 1.22. The number of halogens is 1. The number of hydrogen-bond donors (Lipinski definition) is 2. The molecule has 1 fully saturated rings. The zero-order valence-electron chi connectivity index (χ0n) is 17.7. The van der Waals surface area contributed by atoms with Crippen LogP contribution >= 0.6 is 0 Å². The summed E-state index contributed by atoms with van der Waals surface area (Å²) < 4.78 is 47.1. The monoisotopic (exact) mass is 461 g/mol. The molecule has 1 saturated heterocycles. The van der Waals surface area contributed by atoms with Crippen molar-refractivity contribution in [3.05, 3.63) is 47.8 Å². The van der Waals surface area contributed by atoms with Gasteiger partial charge in [-0.15, -0.1) is 0 Å². The van der Waals surface area contributed by atoms with E-state index in [2.05, 4.69) is 10.6 Å². The highest BCUT2D eigenvalue weighted by molar-refractivity contribution is 7.89. The molecule has 10 heteroatoms. The highest BCUT2D eigenvalue weighted by Gasteiger charge is 2.35. The Morgan fingerprint density at radius 3 is 2.81 bits per heavy atom. The molecule has 2 aliphatic rings. The fourth-order valence-corrected chi connectivity index (χ4v) is 5.69. The van der Waals surface area contributed by atoms with E-state index in [1.54, 1.807) is 26.0 Å². The number of carbonyl (C=O) groups excluding carboxylic acids is 2. The van der Waals surface area contributed by atoms with Gasteiger partial charge in [-0.25, -0.2) is 12.8 Å². The minimum atomic E-state index is -3.90. The first kappa shape index (κ1) is 22.2. The molecule has 2 aromatic carbocycles. The largest absolute Gasteiger partial charge is 0.479 e. The molecular weight excluding hydrogens is 437 g/mol. The molecule has 32 heavy (non-hydrogen) atoms. The number of nitrogens with one attached hydrogen (secondary N) is 2. The first-order valence-electron chi connectivity index (χ1n) is 10.3. The Morgan fingerprint density at radius 2 is 2.06 bits per heavy atom. The number of fused-ring (bicyclic) bond motifs is 1. The second-order valence-corrected chi connectivity index (χ2v) is 9.97. The van der Waals surface area contributed by atoms with E-state index in [0.29, 0.717) is 35.5 Å². The third kappa shape index (κ3) is 4.33. The van der Waals surface area contributed by atoms with Crippen LogP contribution in [0.5, 0.6) is 5.75 Å². The van der Waals surface area contributed by atoms with Crippen molar-refractivity contribution in [1.29, 1.82) is 0 Å². The van der Waals surface area contributed by atoms with Crippen LogP contribution in [0.3, 0.4) is 0 Å². The van der Waals surface area contributed by atoms with Gasteiger partial charge in [0.25, 0.3) is 5.91 Å². The second-order valence-electron chi connectivity index (χ2n) is 8.06. The van der Waals surface area contributed by atoms with Crippen molar-refractivity contribution in [2.75, 3.05) is 23.7 Å². The van der Waals surface area contributed by atoms with Crippen LogP contribution in [0.15, 0.2) is 41.3 Å². The molecule has 0 aliphatic carbocycles. The van der Waals surface area contributed by atoms with Crippen molar-refractivity contribution in [2.45, 2.75) is 37.7 Å². The number of nitrogens with zero attached hydrogens (tertiary/aromatic N) is 1. The van der Waals surface area contributed by atoms with Gasteiger partial charge in [0.1, 0.15) is 11.6 Å². The number of carbonyl (C=O) groups is 2. The maximum Gasteiger partial charge on any atom is 0.265 e. The van der Waals surface area contributed by atoms with Crippen LogP contribution in [-0.2, 0) is 19.6 Å². The lowest BCUT2D eigenvalue weighted by molar-refractivity contribution is -0.123. The molecule has 0 unspecified atom stereocenters. The van der Waals surface area contributed by atoms with Crippen LogP contribution in [-0.4, -0.2) is 43.7 Å². The maximum absolute atomic E-state index is 13.4. The van der Waals surface area contributed by atoms with Crippen molar-refractivity contribution < 1.29 is 27.1 Å². The van der Waals surface area contributed by atoms with Gasteiger partial charge in [0.2, 0.25) is 15.9 Å². The number of benzene rings is 2. The topological polar surface area (TPSA) is 105 Å². The lowest BCUT2D eigenvalue weighted by Crippen LogP contribution is -2.44. The minimum absolute atomic E-state index is 0.0218. The first-order chi connectivity index (χ1) is 15.1. The van der Waals surface area contributed by atoms with E-state index >= 15 is 0 Å². The molecule has 170 valence electrons. The molecule has 2 heterocycles. The number of ether oxygens (including phenoxy) is 1. The Kier molecular flexibility index (Phi) is 5.91. The Morgan fingerprint density at radius 1 is 1.28 bits per heavy atom. The summed E-state index contributed by atoms with van der Waals surface area (Å²) in [7, 11) is -3.90. The van der Waals surface area contributed by atoms with Gasteiger partial charge in [-0.1, -0.05) is 6.07 Å². The Labute approximate surface area is 185 Å². The highest BCUT2D eigenvalue weighted by Crippen LogP contribution is 2.36. The predicted octanol–water partition coefficient (Wildman–Crippen LogP) is 2.89. The lowest BCUT2D eigenvalue weighted by Gasteiger charge is -2.32. The number of rotatable bonds is 4. The third-order valence-electron chi connectivity index (χ3n) is 5.67. The molecule has 4 rings (SSSR count). The zero-order valence-corrected chi connectivity index (χ0v) is 18.5. The number of amides is 2. The summed E-state index contributed by atoms with van der Waals surface area (Å²) in [6, 6.07) is 8.56. The molecule has 0 bridgehead atoms. The van der Waals surface area contributed by atoms with E-state index in [9.17, 15) is 22.4 Å². The van der Waals surface area contributed by atoms with Crippen molar-refractivity contribution >= 4 is 33.2 Å². The molecule has 2 N–H and O–H groups in total. The van der Waals surface area contributed by atoms with Crippen molar-refractivity contribution in [3.63, 3.8) is 0 Å². The van der Waals surface area contributed by atoms with Crippen LogP contribution in [0.4, 0.5) is 15.8 Å². The van der Waals surface area contributed by atoms with Gasteiger partial charge >= 0.3 is 0 Å². The fourth-order valence-electron chi connectivity index (χ4n) is 3.95. The van der Waals surface area contributed by atoms with Crippen LogP contribution in [0, 0.1) is 18.7 Å². The molecule has 0 aromatic heterocycles. The average Bonchev–Trinajstić information content (AvgIpc) is 2.74. The molecule has 2 amide bonds. The smallest absolute Gasteiger partial charge is 0.265 e. The molecule has 0 saturated carbocycles. The number of aryl methyl sites for hydroxylation is 1. The minimum Gasteiger partial charge on any atom is -0.479 e. The summed E-state index contributed by atoms with van der Waals surface area (Å²) in [4.78, 5) is 24.6. The summed E-state index contributed by atoms with van der Waals surface area (Å²) in [6.45, 7) is 3.54. The predicted molar refractivity (Wildman–Crippen MR) is 116 cm³/mol. The Balaban J connectivity index is 1.54. The lowest BCUT2D eigenvalue weighted by atomic mass is 9.99. The summed E-state index contributed by atoms with van der Waals surface area (Å²) >= 11 is 0. The quantitative estimate of drug-likeness (QED) is 0.729. The average molecular weight is 462 g/mol. The van der Waals surface area contributed by atoms with Crippen LogP contribution in [0.1, 0.15) is 25.3 Å². The first-order valence-corrected chi connectivity index (χ1v) is 11.8. The summed E-state index contributed by atoms with van der Waals surface area (Å²) in [5.74, 6) is -1.38. The van der Waals surface area contributed by atoms with E-state index in [1.807, 2.05) is 0 Å². The van der Waals surface area contributed by atoms with E-state index < -0.39 is 27.9 Å². The number of anilines is 2. The van der Waals surface area contributed by atoms with Crippen LogP contribution in [0.2, 0.25) is 0 Å². The third-order valence-corrected chi connectivity index (χ3v) is 7.68. The normalized spacial score (nSPS) is 21.3. The molecule has 0 spiro atoms. The molecule has 2 atom stereocenters. The fraction of sp³-hybridized carbons (Fsp3) is 0.364. The zero-order chi connectivity index (χ0) is 23.0. The number of sulfonamides is 1. The summed E-state index contributed by atoms with van der Waals surface area (Å²) in [6.07, 6.45) is 0.323. The SMILES string of the molecule is Cc1cc2c(cc1S(=O)(=O)N1CCC[C@@H](C(=O)Nc3cccc(F)c3)C1)O[C@@H](C)C(=O)N2. The summed E-state index contributed by atoms with van der Waals surface area (Å²) in [5, 5.41) is 5.37. The maximum atomic E-state index is 13.4. The second kappa shape index (κ2) is 8.51. The molecule has 2 aliphatic heterocycles. The number of hydrogen-bond acceptors (Lipinski definition) is 5. The molecule has 2 aromatic rings. The van der Waals surface area contributed by atoms with Crippen LogP contribution < -0.4 is 15.4 Å². The Bertz CT molecular complexity index is 1180. The number of piperidine rings is 1. The van der Waals surface area contributed by atoms with Gasteiger partial charge in [-0.3, -0.25) is 9.59 Å². The van der Waals surface area contributed by atoms with E-state index in [4.69, 9.17) is 4.74 Å². The van der Waals surface area contributed by atoms with Gasteiger partial charge in [-0.2, -0.15) is 4.31 Å². The van der Waals surface area contributed by atoms with Crippen molar-refractivity contribution in [1.82, 2.24) is 4.31 Å². The van der Waals surface area contributed by atoms with Gasteiger partial charge in [0, 0.05) is 24.8 Å². The van der Waals surface area contributed by atoms with Gasteiger partial charge in [-0.05, 0) is 56.5 Å². The van der Waals surface area contributed by atoms with Gasteiger partial charge < -0.3 is 15.4 Å². The standard InChI is InChI=1S/C22H24FN3O5S/c1-13-9-18-19(31-14(2)21(27)25-18)11-20(13)32(29,30)26-8-4-5-15(12-26)22(28)24-17-7-3-6-16(23)10-17/h3,6-7,9-11,14-15H,4-5,8,12H2,1-2H3,(H,24,28)(H,25,27)/t14-,15+/m0/s1. The molecule has 0 radical (unpaired) electrons.